The maximum absolute atomic E-state index is 12.5. The minimum absolute atomic E-state index is 0.131. The van der Waals surface area contributed by atoms with Crippen molar-refractivity contribution in [1.29, 1.82) is 0 Å². The van der Waals surface area contributed by atoms with Crippen molar-refractivity contribution in [2.45, 2.75) is 20.3 Å². The van der Waals surface area contributed by atoms with Crippen molar-refractivity contribution < 1.29 is 23.5 Å². The molecule has 0 unspecified atom stereocenters. The van der Waals surface area contributed by atoms with E-state index < -0.39 is 11.9 Å². The zero-order chi connectivity index (χ0) is 20.1. The number of amides is 2. The molecule has 28 heavy (non-hydrogen) atoms. The van der Waals surface area contributed by atoms with Gasteiger partial charge in [-0.3, -0.25) is 9.59 Å². The van der Waals surface area contributed by atoms with Crippen LogP contribution in [0.3, 0.4) is 0 Å². The minimum Gasteiger partial charge on any atom is -0.459 e. The first-order valence-corrected chi connectivity index (χ1v) is 9.32. The number of ether oxygens (including phenoxy) is 1. The molecule has 2 atom stereocenters. The van der Waals surface area contributed by atoms with Crippen LogP contribution in [0.1, 0.15) is 41.2 Å². The van der Waals surface area contributed by atoms with Crippen LogP contribution >= 0.6 is 0 Å². The van der Waals surface area contributed by atoms with Crippen LogP contribution < -0.4 is 5.32 Å². The van der Waals surface area contributed by atoms with Crippen LogP contribution in [0.25, 0.3) is 0 Å². The zero-order valence-corrected chi connectivity index (χ0v) is 16.0. The van der Waals surface area contributed by atoms with Gasteiger partial charge in [0, 0.05) is 13.1 Å². The van der Waals surface area contributed by atoms with Crippen molar-refractivity contribution in [3.63, 3.8) is 0 Å². The molecule has 1 aliphatic heterocycles. The molecule has 1 aromatic heterocycles. The molecule has 2 heterocycles. The molecule has 148 valence electrons. The molecule has 1 aliphatic rings. The average Bonchev–Trinajstić information content (AvgIpc) is 3.20. The number of anilines is 1. The van der Waals surface area contributed by atoms with Gasteiger partial charge in [-0.15, -0.1) is 0 Å². The number of furan rings is 1. The molecule has 2 amide bonds. The van der Waals surface area contributed by atoms with Crippen LogP contribution in [0.15, 0.2) is 47.1 Å². The van der Waals surface area contributed by atoms with E-state index in [9.17, 15) is 14.4 Å². The lowest BCUT2D eigenvalue weighted by Crippen LogP contribution is -2.44. The van der Waals surface area contributed by atoms with Gasteiger partial charge in [0.15, 0.2) is 12.4 Å². The number of esters is 1. The second kappa shape index (κ2) is 8.73. The van der Waals surface area contributed by atoms with Crippen molar-refractivity contribution in [1.82, 2.24) is 4.90 Å². The maximum Gasteiger partial charge on any atom is 0.340 e. The van der Waals surface area contributed by atoms with Gasteiger partial charge >= 0.3 is 5.97 Å². The molecule has 0 bridgehead atoms. The summed E-state index contributed by atoms with van der Waals surface area (Å²) in [5.41, 5.74) is 0.470. The zero-order valence-electron chi connectivity index (χ0n) is 16.0. The lowest BCUT2D eigenvalue weighted by Gasteiger charge is -2.34. The highest BCUT2D eigenvalue weighted by molar-refractivity contribution is 6.06. The van der Waals surface area contributed by atoms with Crippen LogP contribution in [-0.2, 0) is 9.53 Å². The highest BCUT2D eigenvalue weighted by atomic mass is 16.5. The van der Waals surface area contributed by atoms with E-state index in [4.69, 9.17) is 9.15 Å². The molecule has 0 aliphatic carbocycles. The second-order valence-corrected chi connectivity index (χ2v) is 7.30. The number of benzene rings is 1. The van der Waals surface area contributed by atoms with E-state index in [1.165, 1.54) is 18.4 Å². The smallest absolute Gasteiger partial charge is 0.340 e. The Morgan fingerprint density at radius 1 is 1.11 bits per heavy atom. The van der Waals surface area contributed by atoms with Crippen LogP contribution in [0, 0.1) is 11.8 Å². The van der Waals surface area contributed by atoms with Gasteiger partial charge in [0.05, 0.1) is 17.5 Å². The summed E-state index contributed by atoms with van der Waals surface area (Å²) in [4.78, 5) is 38.8. The standard InChI is InChI=1S/C21H24N2O5/c1-14-10-15(2)12-23(11-14)19(24)13-28-21(26)16-6-3-4-7-17(16)22-20(25)18-8-5-9-27-18/h3-9,14-15H,10-13H2,1-2H3,(H,22,25)/t14-,15+. The van der Waals surface area contributed by atoms with Crippen molar-refractivity contribution >= 4 is 23.5 Å². The SMILES string of the molecule is C[C@@H]1C[C@H](C)CN(C(=O)COC(=O)c2ccccc2NC(=O)c2ccco2)C1. The molecular formula is C21H24N2O5. The predicted octanol–water partition coefficient (Wildman–Crippen LogP) is 3.19. The first kappa shape index (κ1) is 19.7. The van der Waals surface area contributed by atoms with Crippen LogP contribution in [0.4, 0.5) is 5.69 Å². The summed E-state index contributed by atoms with van der Waals surface area (Å²) >= 11 is 0. The Hall–Kier alpha value is -3.09. The summed E-state index contributed by atoms with van der Waals surface area (Å²) < 4.78 is 10.3. The number of piperidine rings is 1. The van der Waals surface area contributed by atoms with E-state index in [2.05, 4.69) is 19.2 Å². The van der Waals surface area contributed by atoms with E-state index in [0.717, 1.165) is 6.42 Å². The number of hydrogen-bond donors (Lipinski definition) is 1. The summed E-state index contributed by atoms with van der Waals surface area (Å²) in [6.45, 7) is 5.26. The predicted molar refractivity (Wildman–Crippen MR) is 103 cm³/mol. The monoisotopic (exact) mass is 384 g/mol. The van der Waals surface area contributed by atoms with Crippen molar-refractivity contribution in [3.05, 3.63) is 54.0 Å². The van der Waals surface area contributed by atoms with Crippen LogP contribution in [-0.4, -0.2) is 42.4 Å². The maximum atomic E-state index is 12.5. The van der Waals surface area contributed by atoms with E-state index in [1.54, 1.807) is 29.2 Å². The summed E-state index contributed by atoms with van der Waals surface area (Å²) in [5.74, 6) is -0.350. The highest BCUT2D eigenvalue weighted by Crippen LogP contribution is 2.21. The van der Waals surface area contributed by atoms with E-state index in [-0.39, 0.29) is 23.8 Å². The molecule has 1 saturated heterocycles. The fourth-order valence-corrected chi connectivity index (χ4v) is 3.52. The number of carbonyl (C=O) groups excluding carboxylic acids is 3. The van der Waals surface area contributed by atoms with Gasteiger partial charge < -0.3 is 19.4 Å². The quantitative estimate of drug-likeness (QED) is 0.800. The molecule has 0 radical (unpaired) electrons. The molecule has 0 spiro atoms. The number of nitrogens with zero attached hydrogens (tertiary/aromatic N) is 1. The first-order chi connectivity index (χ1) is 13.4. The fourth-order valence-electron chi connectivity index (χ4n) is 3.52. The molecule has 1 N–H and O–H groups in total. The largest absolute Gasteiger partial charge is 0.459 e. The molecule has 7 heteroatoms. The van der Waals surface area contributed by atoms with Crippen molar-refractivity contribution in [2.75, 3.05) is 25.0 Å². The van der Waals surface area contributed by atoms with Gasteiger partial charge in [-0.2, -0.15) is 0 Å². The summed E-state index contributed by atoms with van der Waals surface area (Å²) in [7, 11) is 0. The topological polar surface area (TPSA) is 88.9 Å². The third-order valence-electron chi connectivity index (χ3n) is 4.69. The Morgan fingerprint density at radius 2 is 1.82 bits per heavy atom. The first-order valence-electron chi connectivity index (χ1n) is 9.32. The Bertz CT molecular complexity index is 836. The van der Waals surface area contributed by atoms with Crippen molar-refractivity contribution in [2.24, 2.45) is 11.8 Å². The second-order valence-electron chi connectivity index (χ2n) is 7.30. The van der Waals surface area contributed by atoms with Crippen molar-refractivity contribution in [3.8, 4) is 0 Å². The summed E-state index contributed by atoms with van der Waals surface area (Å²) in [6.07, 6.45) is 2.48. The molecule has 2 aromatic rings. The molecule has 3 rings (SSSR count). The normalized spacial score (nSPS) is 19.1. The number of likely N-dealkylation sites (tertiary alicyclic amines) is 1. The number of rotatable bonds is 5. The van der Waals surface area contributed by atoms with Gasteiger partial charge in [-0.1, -0.05) is 26.0 Å². The lowest BCUT2D eigenvalue weighted by molar-refractivity contribution is -0.137. The Balaban J connectivity index is 1.61. The van der Waals surface area contributed by atoms with E-state index >= 15 is 0 Å². The summed E-state index contributed by atoms with van der Waals surface area (Å²) in [6, 6.07) is 9.60. The Kier molecular flexibility index (Phi) is 6.13. The van der Waals surface area contributed by atoms with E-state index in [1.807, 2.05) is 0 Å². The summed E-state index contributed by atoms with van der Waals surface area (Å²) in [5, 5.41) is 2.63. The minimum atomic E-state index is -0.665. The molecule has 0 saturated carbocycles. The molecule has 7 nitrogen and oxygen atoms in total. The third-order valence-corrected chi connectivity index (χ3v) is 4.69. The number of para-hydroxylation sites is 1. The van der Waals surface area contributed by atoms with Crippen LogP contribution in [0.2, 0.25) is 0 Å². The third kappa shape index (κ3) is 4.79. The molecular weight excluding hydrogens is 360 g/mol. The van der Waals surface area contributed by atoms with Crippen LogP contribution in [0.5, 0.6) is 0 Å². The molecule has 1 fully saturated rings. The average molecular weight is 384 g/mol. The lowest BCUT2D eigenvalue weighted by atomic mass is 9.92. The number of nitrogens with one attached hydrogen (secondary N) is 1. The van der Waals surface area contributed by atoms with Gasteiger partial charge in [0.1, 0.15) is 0 Å². The Morgan fingerprint density at radius 3 is 2.50 bits per heavy atom. The van der Waals surface area contributed by atoms with Gasteiger partial charge in [-0.05, 0) is 42.5 Å². The van der Waals surface area contributed by atoms with Gasteiger partial charge in [0.2, 0.25) is 0 Å². The number of hydrogen-bond acceptors (Lipinski definition) is 5. The fraction of sp³-hybridized carbons (Fsp3) is 0.381. The van der Waals surface area contributed by atoms with Gasteiger partial charge in [0.25, 0.3) is 11.8 Å². The molecule has 1 aromatic carbocycles. The van der Waals surface area contributed by atoms with E-state index in [0.29, 0.717) is 30.6 Å². The highest BCUT2D eigenvalue weighted by Gasteiger charge is 2.26. The Labute approximate surface area is 163 Å². The number of carbonyl (C=O) groups is 3. The van der Waals surface area contributed by atoms with Gasteiger partial charge in [-0.25, -0.2) is 4.79 Å².